The fourth-order valence-corrected chi connectivity index (χ4v) is 2.07. The molecule has 2 N–H and O–H groups in total. The van der Waals surface area contributed by atoms with Crippen molar-refractivity contribution in [2.45, 2.75) is 38.3 Å². The molecule has 0 atom stereocenters. The van der Waals surface area contributed by atoms with E-state index in [1.165, 1.54) is 6.33 Å². The maximum atomic E-state index is 11.8. The molecule has 0 radical (unpaired) electrons. The number of piperidine rings is 1. The first kappa shape index (κ1) is 12.0. The van der Waals surface area contributed by atoms with Gasteiger partial charge in [0.15, 0.2) is 0 Å². The van der Waals surface area contributed by atoms with Crippen molar-refractivity contribution >= 4 is 5.91 Å². The number of amides is 1. The second-order valence-electron chi connectivity index (χ2n) is 4.77. The zero-order chi connectivity index (χ0) is 12.1. The Labute approximate surface area is 101 Å². The van der Waals surface area contributed by atoms with Crippen molar-refractivity contribution in [3.63, 3.8) is 0 Å². The topological polar surface area (TPSA) is 71.8 Å². The van der Waals surface area contributed by atoms with E-state index in [1.54, 1.807) is 11.0 Å². The van der Waals surface area contributed by atoms with Crippen LogP contribution in [-0.2, 0) is 11.3 Å². The Hall–Kier alpha value is -1.43. The van der Waals surface area contributed by atoms with Crippen LogP contribution >= 0.6 is 0 Å². The minimum atomic E-state index is -0.0509. The van der Waals surface area contributed by atoms with E-state index in [-0.39, 0.29) is 11.4 Å². The summed E-state index contributed by atoms with van der Waals surface area (Å²) in [6.07, 6.45) is 5.53. The number of nitrogens with zero attached hydrogens (tertiary/aromatic N) is 3. The van der Waals surface area contributed by atoms with E-state index in [0.29, 0.717) is 13.0 Å². The van der Waals surface area contributed by atoms with Gasteiger partial charge in [0.25, 0.3) is 0 Å². The van der Waals surface area contributed by atoms with Crippen LogP contribution in [0.5, 0.6) is 0 Å². The first-order chi connectivity index (χ1) is 8.18. The van der Waals surface area contributed by atoms with Crippen molar-refractivity contribution in [2.24, 2.45) is 0 Å². The molecule has 1 fully saturated rings. The van der Waals surface area contributed by atoms with Gasteiger partial charge in [-0.15, -0.1) is 0 Å². The molecule has 2 heterocycles. The van der Waals surface area contributed by atoms with Gasteiger partial charge in [-0.3, -0.25) is 9.48 Å². The lowest BCUT2D eigenvalue weighted by Gasteiger charge is -2.35. The van der Waals surface area contributed by atoms with Crippen LogP contribution in [0, 0.1) is 0 Å². The lowest BCUT2D eigenvalue weighted by Crippen LogP contribution is -2.52. The van der Waals surface area contributed by atoms with E-state index in [4.69, 9.17) is 0 Å². The first-order valence-corrected chi connectivity index (χ1v) is 6.02. The van der Waals surface area contributed by atoms with E-state index >= 15 is 0 Å². The number of carbonyl (C=O) groups excluding carboxylic acids is 1. The third-order valence-electron chi connectivity index (χ3n) is 3.18. The van der Waals surface area contributed by atoms with Crippen LogP contribution in [0.15, 0.2) is 12.7 Å². The maximum Gasteiger partial charge on any atom is 0.222 e. The van der Waals surface area contributed by atoms with Crippen LogP contribution < -0.4 is 10.6 Å². The monoisotopic (exact) mass is 237 g/mol. The summed E-state index contributed by atoms with van der Waals surface area (Å²) in [6.45, 7) is 4.64. The number of carbonyl (C=O) groups is 1. The quantitative estimate of drug-likeness (QED) is 0.768. The molecule has 2 rings (SSSR count). The summed E-state index contributed by atoms with van der Waals surface area (Å²) in [4.78, 5) is 15.7. The molecule has 1 aromatic rings. The van der Waals surface area contributed by atoms with Crippen LogP contribution in [0.3, 0.4) is 0 Å². The van der Waals surface area contributed by atoms with Crippen molar-refractivity contribution in [1.29, 1.82) is 0 Å². The third kappa shape index (κ3) is 3.52. The molecule has 1 aliphatic rings. The van der Waals surface area contributed by atoms with Crippen molar-refractivity contribution in [1.82, 2.24) is 25.4 Å². The smallest absolute Gasteiger partial charge is 0.222 e. The van der Waals surface area contributed by atoms with E-state index < -0.39 is 0 Å². The van der Waals surface area contributed by atoms with E-state index in [2.05, 4.69) is 27.6 Å². The second kappa shape index (κ2) is 5.27. The fourth-order valence-electron chi connectivity index (χ4n) is 2.07. The molecule has 0 aromatic carbocycles. The van der Waals surface area contributed by atoms with Gasteiger partial charge in [0.05, 0.1) is 6.54 Å². The largest absolute Gasteiger partial charge is 0.351 e. The average Bonchev–Trinajstić information content (AvgIpc) is 2.79. The van der Waals surface area contributed by atoms with Gasteiger partial charge in [0.1, 0.15) is 12.7 Å². The minimum Gasteiger partial charge on any atom is -0.351 e. The summed E-state index contributed by atoms with van der Waals surface area (Å²) in [5.41, 5.74) is -0.0509. The lowest BCUT2D eigenvalue weighted by atomic mass is 9.90. The number of nitrogens with one attached hydrogen (secondary N) is 2. The van der Waals surface area contributed by atoms with Gasteiger partial charge in [0, 0.05) is 12.0 Å². The maximum absolute atomic E-state index is 11.8. The zero-order valence-corrected chi connectivity index (χ0v) is 10.1. The van der Waals surface area contributed by atoms with Crippen LogP contribution in [-0.4, -0.2) is 39.3 Å². The highest BCUT2D eigenvalue weighted by atomic mass is 16.1. The summed E-state index contributed by atoms with van der Waals surface area (Å²) in [5, 5.41) is 10.4. The summed E-state index contributed by atoms with van der Waals surface area (Å²) in [6, 6.07) is 0. The highest BCUT2D eigenvalue weighted by Crippen LogP contribution is 2.17. The number of hydrogen-bond donors (Lipinski definition) is 2. The number of hydrogen-bond acceptors (Lipinski definition) is 4. The van der Waals surface area contributed by atoms with Crippen molar-refractivity contribution in [2.75, 3.05) is 13.1 Å². The summed E-state index contributed by atoms with van der Waals surface area (Å²) in [5.74, 6) is 0.0879. The number of rotatable bonds is 4. The van der Waals surface area contributed by atoms with Crippen LogP contribution in [0.2, 0.25) is 0 Å². The average molecular weight is 237 g/mol. The fraction of sp³-hybridized carbons (Fsp3) is 0.727. The van der Waals surface area contributed by atoms with Gasteiger partial charge in [-0.1, -0.05) is 0 Å². The molecule has 0 unspecified atom stereocenters. The Kier molecular flexibility index (Phi) is 3.73. The van der Waals surface area contributed by atoms with E-state index in [0.717, 1.165) is 25.9 Å². The molecule has 1 aromatic heterocycles. The molecular formula is C11H19N5O. The van der Waals surface area contributed by atoms with Crippen molar-refractivity contribution in [3.8, 4) is 0 Å². The van der Waals surface area contributed by atoms with Crippen molar-refractivity contribution < 1.29 is 4.79 Å². The van der Waals surface area contributed by atoms with E-state index in [1.807, 2.05) is 0 Å². The van der Waals surface area contributed by atoms with Gasteiger partial charge < -0.3 is 10.6 Å². The van der Waals surface area contributed by atoms with E-state index in [9.17, 15) is 4.79 Å². The normalized spacial score (nSPS) is 18.9. The molecule has 1 saturated heterocycles. The molecule has 0 bridgehead atoms. The Morgan fingerprint density at radius 3 is 2.94 bits per heavy atom. The molecule has 6 heteroatoms. The summed E-state index contributed by atoms with van der Waals surface area (Å²) in [7, 11) is 0. The summed E-state index contributed by atoms with van der Waals surface area (Å²) < 4.78 is 1.67. The zero-order valence-electron chi connectivity index (χ0n) is 10.1. The molecule has 0 aliphatic carbocycles. The highest BCUT2D eigenvalue weighted by Gasteiger charge is 2.27. The molecule has 0 spiro atoms. The summed E-state index contributed by atoms with van der Waals surface area (Å²) >= 11 is 0. The predicted octanol–water partition coefficient (Wildman–Crippen LogP) is -0.0735. The molecule has 6 nitrogen and oxygen atoms in total. The Morgan fingerprint density at radius 1 is 1.53 bits per heavy atom. The molecule has 0 saturated carbocycles. The van der Waals surface area contributed by atoms with Gasteiger partial charge in [0.2, 0.25) is 5.91 Å². The third-order valence-corrected chi connectivity index (χ3v) is 3.18. The van der Waals surface area contributed by atoms with Gasteiger partial charge in [-0.05, 0) is 32.9 Å². The Bertz CT molecular complexity index is 356. The lowest BCUT2D eigenvalue weighted by molar-refractivity contribution is -0.123. The molecule has 1 aliphatic heterocycles. The standard InChI is InChI=1S/C11H19N5O/c1-11(3-5-12-6-4-11)15-10(17)2-7-16-9-13-8-14-16/h8-9,12H,2-7H2,1H3,(H,15,17). The molecule has 1 amide bonds. The molecule has 17 heavy (non-hydrogen) atoms. The highest BCUT2D eigenvalue weighted by molar-refractivity contribution is 5.76. The van der Waals surface area contributed by atoms with Gasteiger partial charge in [-0.25, -0.2) is 4.98 Å². The van der Waals surface area contributed by atoms with Crippen LogP contribution in [0.25, 0.3) is 0 Å². The minimum absolute atomic E-state index is 0.0509. The first-order valence-electron chi connectivity index (χ1n) is 6.02. The molecular weight excluding hydrogens is 218 g/mol. The second-order valence-corrected chi connectivity index (χ2v) is 4.77. The Balaban J connectivity index is 1.76. The van der Waals surface area contributed by atoms with Gasteiger partial charge in [-0.2, -0.15) is 5.10 Å². The molecule has 94 valence electrons. The van der Waals surface area contributed by atoms with Crippen molar-refractivity contribution in [3.05, 3.63) is 12.7 Å². The predicted molar refractivity (Wildman–Crippen MR) is 63.3 cm³/mol. The van der Waals surface area contributed by atoms with Crippen LogP contribution in [0.1, 0.15) is 26.2 Å². The number of aromatic nitrogens is 3. The SMILES string of the molecule is CC1(NC(=O)CCn2cncn2)CCNCC1. The van der Waals surface area contributed by atoms with Gasteiger partial charge >= 0.3 is 0 Å². The van der Waals surface area contributed by atoms with Crippen LogP contribution in [0.4, 0.5) is 0 Å². The number of aryl methyl sites for hydroxylation is 1. The Morgan fingerprint density at radius 2 is 2.29 bits per heavy atom.